The van der Waals surface area contributed by atoms with Gasteiger partial charge in [0.05, 0.1) is 6.61 Å². The zero-order chi connectivity index (χ0) is 16.1. The summed E-state index contributed by atoms with van der Waals surface area (Å²) >= 11 is 5.93. The Hall–Kier alpha value is -1.26. The number of ether oxygens (including phenoxy) is 1. The molecule has 1 unspecified atom stereocenters. The van der Waals surface area contributed by atoms with Crippen molar-refractivity contribution in [3.05, 3.63) is 34.9 Å². The van der Waals surface area contributed by atoms with E-state index in [1.54, 1.807) is 0 Å². The predicted octanol–water partition coefficient (Wildman–Crippen LogP) is 2.96. The molecule has 23 heavy (non-hydrogen) atoms. The van der Waals surface area contributed by atoms with Crippen LogP contribution >= 0.6 is 11.6 Å². The Morgan fingerprint density at radius 3 is 2.87 bits per heavy atom. The molecule has 126 valence electrons. The number of hydrogen-bond donors (Lipinski definition) is 1. The van der Waals surface area contributed by atoms with E-state index < -0.39 is 0 Å². The van der Waals surface area contributed by atoms with Crippen molar-refractivity contribution >= 4 is 17.6 Å². The minimum atomic E-state index is 0.367. The number of hydrogen-bond acceptors (Lipinski definition) is 2. The maximum Gasteiger partial charge on any atom is 0.193 e. The van der Waals surface area contributed by atoms with Gasteiger partial charge in [-0.2, -0.15) is 0 Å². The number of guanidine groups is 1. The Balaban J connectivity index is 1.58. The molecule has 2 heterocycles. The van der Waals surface area contributed by atoms with Crippen LogP contribution in [0.5, 0.6) is 0 Å². The highest BCUT2D eigenvalue weighted by atomic mass is 35.5. The number of halogens is 1. The fraction of sp³-hybridized carbons (Fsp3) is 0.611. The molecule has 0 radical (unpaired) electrons. The molecule has 2 fully saturated rings. The second kappa shape index (κ2) is 7.54. The van der Waals surface area contributed by atoms with Crippen LogP contribution in [0.15, 0.2) is 29.3 Å². The molecule has 5 heteroatoms. The molecule has 1 aromatic rings. The molecule has 2 aliphatic heterocycles. The van der Waals surface area contributed by atoms with Gasteiger partial charge >= 0.3 is 0 Å². The van der Waals surface area contributed by atoms with E-state index in [9.17, 15) is 0 Å². The molecule has 4 nitrogen and oxygen atoms in total. The first-order valence-corrected chi connectivity index (χ1v) is 8.94. The van der Waals surface area contributed by atoms with Crippen molar-refractivity contribution in [2.45, 2.75) is 26.2 Å². The van der Waals surface area contributed by atoms with E-state index in [4.69, 9.17) is 21.3 Å². The Bertz CT molecular complexity index is 538. The summed E-state index contributed by atoms with van der Waals surface area (Å²) < 4.78 is 5.62. The lowest BCUT2D eigenvalue weighted by molar-refractivity contribution is 0.156. The highest BCUT2D eigenvalue weighted by molar-refractivity contribution is 6.30. The SMILES string of the molecule is CCNC(=NCCc1ccc(Cl)cc1)N1CCC2(CCOC2)C1. The lowest BCUT2D eigenvalue weighted by Gasteiger charge is -2.25. The molecule has 1 atom stereocenters. The van der Waals surface area contributed by atoms with Gasteiger partial charge in [-0.05, 0) is 43.9 Å². The van der Waals surface area contributed by atoms with Crippen LogP contribution in [0, 0.1) is 5.41 Å². The summed E-state index contributed by atoms with van der Waals surface area (Å²) in [6.07, 6.45) is 3.34. The van der Waals surface area contributed by atoms with Crippen LogP contribution in [0.4, 0.5) is 0 Å². The molecule has 3 rings (SSSR count). The van der Waals surface area contributed by atoms with Crippen molar-refractivity contribution in [3.63, 3.8) is 0 Å². The van der Waals surface area contributed by atoms with Crippen molar-refractivity contribution in [1.29, 1.82) is 0 Å². The number of likely N-dealkylation sites (tertiary alicyclic amines) is 1. The van der Waals surface area contributed by atoms with Crippen molar-refractivity contribution in [2.75, 3.05) is 39.4 Å². The van der Waals surface area contributed by atoms with Crippen LogP contribution in [0.25, 0.3) is 0 Å². The van der Waals surface area contributed by atoms with Crippen LogP contribution in [0.1, 0.15) is 25.3 Å². The molecule has 1 aromatic carbocycles. The number of aliphatic imine (C=N–C) groups is 1. The third kappa shape index (κ3) is 4.18. The molecular weight excluding hydrogens is 310 g/mol. The van der Waals surface area contributed by atoms with E-state index in [1.165, 1.54) is 18.4 Å². The van der Waals surface area contributed by atoms with Crippen molar-refractivity contribution in [1.82, 2.24) is 10.2 Å². The van der Waals surface area contributed by atoms with Gasteiger partial charge in [0.15, 0.2) is 5.96 Å². The molecule has 0 aliphatic carbocycles. The molecular formula is C18H26ClN3O. The second-order valence-electron chi connectivity index (χ2n) is 6.59. The van der Waals surface area contributed by atoms with E-state index >= 15 is 0 Å². The standard InChI is InChI=1S/C18H26ClN3O/c1-2-20-17(21-10-7-15-3-5-16(19)6-4-15)22-11-8-18(13-22)9-12-23-14-18/h3-6H,2,7-14H2,1H3,(H,20,21). The summed E-state index contributed by atoms with van der Waals surface area (Å²) in [5, 5.41) is 4.22. The number of nitrogens with one attached hydrogen (secondary N) is 1. The van der Waals surface area contributed by atoms with Gasteiger partial charge in [0, 0.05) is 43.2 Å². The van der Waals surface area contributed by atoms with E-state index in [0.717, 1.165) is 56.8 Å². The van der Waals surface area contributed by atoms with E-state index in [2.05, 4.69) is 29.3 Å². The van der Waals surface area contributed by atoms with Gasteiger partial charge in [0.1, 0.15) is 0 Å². The summed E-state index contributed by atoms with van der Waals surface area (Å²) in [6, 6.07) is 8.03. The first-order valence-electron chi connectivity index (χ1n) is 8.56. The quantitative estimate of drug-likeness (QED) is 0.679. The maximum atomic E-state index is 5.93. The lowest BCUT2D eigenvalue weighted by Crippen LogP contribution is -2.41. The summed E-state index contributed by atoms with van der Waals surface area (Å²) in [7, 11) is 0. The van der Waals surface area contributed by atoms with Crippen molar-refractivity contribution < 1.29 is 4.74 Å². The zero-order valence-corrected chi connectivity index (χ0v) is 14.6. The topological polar surface area (TPSA) is 36.9 Å². The second-order valence-corrected chi connectivity index (χ2v) is 7.02. The Morgan fingerprint density at radius 2 is 2.17 bits per heavy atom. The lowest BCUT2D eigenvalue weighted by atomic mass is 9.87. The molecule has 2 aliphatic rings. The summed E-state index contributed by atoms with van der Waals surface area (Å²) in [4.78, 5) is 7.23. The number of nitrogens with zero attached hydrogens (tertiary/aromatic N) is 2. The summed E-state index contributed by atoms with van der Waals surface area (Å²) in [6.45, 7) is 7.80. The predicted molar refractivity (Wildman–Crippen MR) is 95.2 cm³/mol. The van der Waals surface area contributed by atoms with Crippen molar-refractivity contribution in [2.24, 2.45) is 10.4 Å². The molecule has 2 saturated heterocycles. The Labute approximate surface area is 143 Å². The van der Waals surface area contributed by atoms with Gasteiger partial charge in [-0.3, -0.25) is 4.99 Å². The molecule has 0 saturated carbocycles. The molecule has 0 bridgehead atoms. The largest absolute Gasteiger partial charge is 0.381 e. The van der Waals surface area contributed by atoms with Gasteiger partial charge in [0.2, 0.25) is 0 Å². The third-order valence-corrected chi connectivity index (χ3v) is 5.09. The van der Waals surface area contributed by atoms with Gasteiger partial charge in [-0.1, -0.05) is 23.7 Å². The highest BCUT2D eigenvalue weighted by Gasteiger charge is 2.42. The highest BCUT2D eigenvalue weighted by Crippen LogP contribution is 2.38. The van der Waals surface area contributed by atoms with Gasteiger partial charge in [-0.25, -0.2) is 0 Å². The first kappa shape index (κ1) is 16.6. The summed E-state index contributed by atoms with van der Waals surface area (Å²) in [5.41, 5.74) is 1.64. The summed E-state index contributed by atoms with van der Waals surface area (Å²) in [5.74, 6) is 1.05. The van der Waals surface area contributed by atoms with Crippen LogP contribution in [-0.4, -0.2) is 50.3 Å². The van der Waals surface area contributed by atoms with Crippen LogP contribution in [0.2, 0.25) is 5.02 Å². The average Bonchev–Trinajstić information content (AvgIpc) is 3.19. The van der Waals surface area contributed by atoms with E-state index in [0.29, 0.717) is 5.41 Å². The monoisotopic (exact) mass is 335 g/mol. The van der Waals surface area contributed by atoms with Crippen LogP contribution in [-0.2, 0) is 11.2 Å². The van der Waals surface area contributed by atoms with Crippen LogP contribution < -0.4 is 5.32 Å². The minimum Gasteiger partial charge on any atom is -0.381 e. The molecule has 0 aromatic heterocycles. The maximum absolute atomic E-state index is 5.93. The van der Waals surface area contributed by atoms with E-state index in [1.807, 2.05) is 12.1 Å². The fourth-order valence-corrected chi connectivity index (χ4v) is 3.58. The van der Waals surface area contributed by atoms with Gasteiger partial charge in [0.25, 0.3) is 0 Å². The van der Waals surface area contributed by atoms with Crippen molar-refractivity contribution in [3.8, 4) is 0 Å². The Kier molecular flexibility index (Phi) is 5.44. The smallest absolute Gasteiger partial charge is 0.193 e. The molecule has 1 N–H and O–H groups in total. The van der Waals surface area contributed by atoms with E-state index in [-0.39, 0.29) is 0 Å². The number of rotatable bonds is 4. The third-order valence-electron chi connectivity index (χ3n) is 4.83. The minimum absolute atomic E-state index is 0.367. The number of benzene rings is 1. The van der Waals surface area contributed by atoms with Gasteiger partial charge in [-0.15, -0.1) is 0 Å². The van der Waals surface area contributed by atoms with Gasteiger partial charge < -0.3 is 15.0 Å². The molecule has 1 spiro atoms. The van der Waals surface area contributed by atoms with Crippen LogP contribution in [0.3, 0.4) is 0 Å². The molecule has 0 amide bonds. The zero-order valence-electron chi connectivity index (χ0n) is 13.9. The Morgan fingerprint density at radius 1 is 1.35 bits per heavy atom. The fourth-order valence-electron chi connectivity index (χ4n) is 3.46. The normalized spacial score (nSPS) is 24.6. The average molecular weight is 336 g/mol. The first-order chi connectivity index (χ1) is 11.2.